The predicted octanol–water partition coefficient (Wildman–Crippen LogP) is 2.69. The highest BCUT2D eigenvalue weighted by molar-refractivity contribution is 5.61. The smallest absolute Gasteiger partial charge is 0.160 e. The Kier molecular flexibility index (Phi) is 1.81. The van der Waals surface area contributed by atoms with Gasteiger partial charge in [0.1, 0.15) is 0 Å². The molecule has 0 atom stereocenters. The highest BCUT2D eigenvalue weighted by Gasteiger charge is 2.34. The van der Waals surface area contributed by atoms with Gasteiger partial charge in [0.2, 0.25) is 0 Å². The standard InChI is InChI=1S/C11H13F2N/c1-11(2)6-14(3)10-5-9(13)8(12)4-7(10)11/h4-5H,6H2,1-3H3. The van der Waals surface area contributed by atoms with Crippen molar-refractivity contribution >= 4 is 5.69 Å². The fourth-order valence-electron chi connectivity index (χ4n) is 2.16. The summed E-state index contributed by atoms with van der Waals surface area (Å²) in [5.41, 5.74) is 1.59. The summed E-state index contributed by atoms with van der Waals surface area (Å²) in [6, 6.07) is 2.59. The maximum Gasteiger partial charge on any atom is 0.160 e. The Morgan fingerprint density at radius 1 is 1.21 bits per heavy atom. The molecule has 1 aliphatic rings. The summed E-state index contributed by atoms with van der Waals surface area (Å²) in [5.74, 6) is -1.53. The lowest BCUT2D eigenvalue weighted by molar-refractivity contribution is 0.502. The molecule has 0 radical (unpaired) electrons. The Morgan fingerprint density at radius 3 is 2.43 bits per heavy atom. The van der Waals surface area contributed by atoms with Crippen molar-refractivity contribution in [1.82, 2.24) is 0 Å². The zero-order valence-corrected chi connectivity index (χ0v) is 8.56. The third kappa shape index (κ3) is 1.19. The van der Waals surface area contributed by atoms with Crippen LogP contribution in [0, 0.1) is 11.6 Å². The summed E-state index contributed by atoms with van der Waals surface area (Å²) in [6.07, 6.45) is 0. The van der Waals surface area contributed by atoms with Crippen molar-refractivity contribution in [3.63, 3.8) is 0 Å². The number of hydrogen-bond donors (Lipinski definition) is 0. The predicted molar refractivity (Wildman–Crippen MR) is 52.7 cm³/mol. The molecule has 1 nitrogen and oxygen atoms in total. The van der Waals surface area contributed by atoms with E-state index in [1.165, 1.54) is 12.1 Å². The van der Waals surface area contributed by atoms with Crippen molar-refractivity contribution in [3.8, 4) is 0 Å². The van der Waals surface area contributed by atoms with Gasteiger partial charge in [-0.1, -0.05) is 13.8 Å². The van der Waals surface area contributed by atoms with E-state index in [2.05, 4.69) is 0 Å². The van der Waals surface area contributed by atoms with E-state index in [0.717, 1.165) is 17.8 Å². The molecule has 0 spiro atoms. The van der Waals surface area contributed by atoms with Crippen LogP contribution in [0.5, 0.6) is 0 Å². The molecule has 0 unspecified atom stereocenters. The van der Waals surface area contributed by atoms with Crippen LogP contribution in [-0.4, -0.2) is 13.6 Å². The van der Waals surface area contributed by atoms with Crippen molar-refractivity contribution in [1.29, 1.82) is 0 Å². The molecular weight excluding hydrogens is 184 g/mol. The largest absolute Gasteiger partial charge is 0.373 e. The normalized spacial score (nSPS) is 18.5. The maximum absolute atomic E-state index is 13.1. The van der Waals surface area contributed by atoms with Crippen LogP contribution in [-0.2, 0) is 5.41 Å². The van der Waals surface area contributed by atoms with Gasteiger partial charge >= 0.3 is 0 Å². The molecular formula is C11H13F2N. The molecule has 0 saturated carbocycles. The van der Waals surface area contributed by atoms with Crippen molar-refractivity contribution in [2.75, 3.05) is 18.5 Å². The van der Waals surface area contributed by atoms with E-state index in [1.54, 1.807) is 0 Å². The lowest BCUT2D eigenvalue weighted by Gasteiger charge is -2.18. The summed E-state index contributed by atoms with van der Waals surface area (Å²) in [7, 11) is 1.89. The third-order valence-corrected chi connectivity index (χ3v) is 2.81. The summed E-state index contributed by atoms with van der Waals surface area (Å²) >= 11 is 0. The minimum Gasteiger partial charge on any atom is -0.373 e. The molecule has 14 heavy (non-hydrogen) atoms. The highest BCUT2D eigenvalue weighted by atomic mass is 19.2. The fourth-order valence-corrected chi connectivity index (χ4v) is 2.16. The zero-order valence-electron chi connectivity index (χ0n) is 8.56. The molecule has 1 aromatic rings. The van der Waals surface area contributed by atoms with E-state index in [1.807, 2.05) is 25.8 Å². The minimum atomic E-state index is -0.770. The average Bonchev–Trinajstić information content (AvgIpc) is 2.26. The van der Waals surface area contributed by atoms with E-state index in [-0.39, 0.29) is 5.41 Å². The molecule has 76 valence electrons. The van der Waals surface area contributed by atoms with Gasteiger partial charge in [-0.15, -0.1) is 0 Å². The number of fused-ring (bicyclic) bond motifs is 1. The van der Waals surface area contributed by atoms with Crippen molar-refractivity contribution in [2.24, 2.45) is 0 Å². The van der Waals surface area contributed by atoms with E-state index in [9.17, 15) is 8.78 Å². The van der Waals surface area contributed by atoms with Crippen molar-refractivity contribution in [2.45, 2.75) is 19.3 Å². The van der Waals surface area contributed by atoms with Gasteiger partial charge < -0.3 is 4.90 Å². The first kappa shape index (κ1) is 9.44. The zero-order chi connectivity index (χ0) is 10.5. The molecule has 2 rings (SSSR count). The van der Waals surface area contributed by atoms with Gasteiger partial charge in [-0.05, 0) is 11.6 Å². The van der Waals surface area contributed by atoms with Gasteiger partial charge in [-0.3, -0.25) is 0 Å². The number of rotatable bonds is 0. The van der Waals surface area contributed by atoms with Gasteiger partial charge in [0.05, 0.1) is 0 Å². The second kappa shape index (κ2) is 2.69. The Labute approximate surface area is 82.3 Å². The summed E-state index contributed by atoms with van der Waals surface area (Å²) in [4.78, 5) is 1.96. The van der Waals surface area contributed by atoms with Gasteiger partial charge in [0, 0.05) is 30.8 Å². The number of benzene rings is 1. The Morgan fingerprint density at radius 2 is 1.79 bits per heavy atom. The first-order valence-electron chi connectivity index (χ1n) is 4.62. The molecule has 0 N–H and O–H groups in total. The van der Waals surface area contributed by atoms with Gasteiger partial charge in [-0.2, -0.15) is 0 Å². The molecule has 0 aromatic heterocycles. The van der Waals surface area contributed by atoms with Crippen LogP contribution in [0.2, 0.25) is 0 Å². The Hall–Kier alpha value is -1.12. The van der Waals surface area contributed by atoms with Crippen LogP contribution in [0.15, 0.2) is 12.1 Å². The number of hydrogen-bond acceptors (Lipinski definition) is 1. The van der Waals surface area contributed by atoms with Crippen LogP contribution in [0.1, 0.15) is 19.4 Å². The van der Waals surface area contributed by atoms with Crippen LogP contribution in [0.3, 0.4) is 0 Å². The van der Waals surface area contributed by atoms with E-state index in [0.29, 0.717) is 0 Å². The lowest BCUT2D eigenvalue weighted by Crippen LogP contribution is -2.24. The number of halogens is 2. The molecule has 0 amide bonds. The summed E-state index contributed by atoms with van der Waals surface area (Å²) in [5, 5.41) is 0. The lowest BCUT2D eigenvalue weighted by atomic mass is 9.87. The number of likely N-dealkylation sites (N-methyl/N-ethyl adjacent to an activating group) is 1. The molecule has 0 saturated heterocycles. The van der Waals surface area contributed by atoms with Crippen LogP contribution < -0.4 is 4.90 Å². The highest BCUT2D eigenvalue weighted by Crippen LogP contribution is 2.40. The second-order valence-corrected chi connectivity index (χ2v) is 4.52. The van der Waals surface area contributed by atoms with Crippen LogP contribution in [0.4, 0.5) is 14.5 Å². The third-order valence-electron chi connectivity index (χ3n) is 2.81. The van der Waals surface area contributed by atoms with Crippen LogP contribution in [0.25, 0.3) is 0 Å². The minimum absolute atomic E-state index is 0.0986. The average molecular weight is 197 g/mol. The molecule has 0 fully saturated rings. The van der Waals surface area contributed by atoms with Gasteiger partial charge in [-0.25, -0.2) is 8.78 Å². The Bertz CT molecular complexity index is 385. The topological polar surface area (TPSA) is 3.24 Å². The monoisotopic (exact) mass is 197 g/mol. The van der Waals surface area contributed by atoms with Gasteiger partial charge in [0.15, 0.2) is 11.6 Å². The molecule has 0 aliphatic carbocycles. The SMILES string of the molecule is CN1CC(C)(C)c2cc(F)c(F)cc21. The quantitative estimate of drug-likeness (QED) is 0.618. The van der Waals surface area contributed by atoms with E-state index in [4.69, 9.17) is 0 Å². The molecule has 1 aliphatic heterocycles. The first-order chi connectivity index (χ1) is 6.42. The Balaban J connectivity index is 2.64. The maximum atomic E-state index is 13.1. The summed E-state index contributed by atoms with van der Waals surface area (Å²) < 4.78 is 26.0. The van der Waals surface area contributed by atoms with E-state index >= 15 is 0 Å². The van der Waals surface area contributed by atoms with Crippen molar-refractivity contribution in [3.05, 3.63) is 29.3 Å². The van der Waals surface area contributed by atoms with Gasteiger partial charge in [0.25, 0.3) is 0 Å². The molecule has 1 heterocycles. The summed E-state index contributed by atoms with van der Waals surface area (Å²) in [6.45, 7) is 4.87. The number of anilines is 1. The van der Waals surface area contributed by atoms with Crippen LogP contribution >= 0.6 is 0 Å². The second-order valence-electron chi connectivity index (χ2n) is 4.52. The number of nitrogens with zero attached hydrogens (tertiary/aromatic N) is 1. The molecule has 3 heteroatoms. The fraction of sp³-hybridized carbons (Fsp3) is 0.455. The molecule has 1 aromatic carbocycles. The first-order valence-corrected chi connectivity index (χ1v) is 4.62. The van der Waals surface area contributed by atoms with Crippen molar-refractivity contribution < 1.29 is 8.78 Å². The van der Waals surface area contributed by atoms with E-state index < -0.39 is 11.6 Å². The molecule has 0 bridgehead atoms.